The van der Waals surface area contributed by atoms with Gasteiger partial charge in [0, 0.05) is 0 Å². The first-order valence-corrected chi connectivity index (χ1v) is 3.98. The average molecular weight is 244 g/mol. The fraction of sp³-hybridized carbons (Fsp3) is 0. The molecule has 66 valence electrons. The summed E-state index contributed by atoms with van der Waals surface area (Å²) in [5, 5.41) is 17.1. The SMILES string of the molecule is N#Cc1ccc(Br)c(F)c1C(=O)O. The van der Waals surface area contributed by atoms with Crippen molar-refractivity contribution in [2.45, 2.75) is 0 Å². The van der Waals surface area contributed by atoms with Gasteiger partial charge in [0.1, 0.15) is 11.6 Å². The summed E-state index contributed by atoms with van der Waals surface area (Å²) < 4.78 is 13.2. The van der Waals surface area contributed by atoms with Gasteiger partial charge in [0.25, 0.3) is 0 Å². The van der Waals surface area contributed by atoms with Gasteiger partial charge >= 0.3 is 5.97 Å². The summed E-state index contributed by atoms with van der Waals surface area (Å²) >= 11 is 2.83. The number of carbonyl (C=O) groups is 1. The highest BCUT2D eigenvalue weighted by Crippen LogP contribution is 2.21. The first kappa shape index (κ1) is 9.68. The van der Waals surface area contributed by atoms with Gasteiger partial charge in [-0.25, -0.2) is 9.18 Å². The Morgan fingerprint density at radius 2 is 2.23 bits per heavy atom. The quantitative estimate of drug-likeness (QED) is 0.823. The van der Waals surface area contributed by atoms with Gasteiger partial charge in [-0.15, -0.1) is 0 Å². The standard InChI is InChI=1S/C8H3BrFNO2/c9-5-2-1-4(3-11)6(7(5)10)8(12)13/h1-2H,(H,12,13). The largest absolute Gasteiger partial charge is 0.478 e. The van der Waals surface area contributed by atoms with Crippen LogP contribution in [0.2, 0.25) is 0 Å². The Balaban J connectivity index is 3.53. The number of carboxylic acid groups (broad SMARTS) is 1. The number of carboxylic acids is 1. The van der Waals surface area contributed by atoms with E-state index >= 15 is 0 Å². The van der Waals surface area contributed by atoms with Crippen LogP contribution in [0.5, 0.6) is 0 Å². The molecule has 1 N–H and O–H groups in total. The van der Waals surface area contributed by atoms with Gasteiger partial charge in [0.15, 0.2) is 5.82 Å². The smallest absolute Gasteiger partial charge is 0.340 e. The van der Waals surface area contributed by atoms with Crippen molar-refractivity contribution >= 4 is 21.9 Å². The Morgan fingerprint density at radius 3 is 2.69 bits per heavy atom. The van der Waals surface area contributed by atoms with E-state index in [1.807, 2.05) is 0 Å². The maximum atomic E-state index is 13.1. The van der Waals surface area contributed by atoms with Crippen LogP contribution in [0.25, 0.3) is 0 Å². The van der Waals surface area contributed by atoms with Crippen molar-refractivity contribution in [3.05, 3.63) is 33.5 Å². The normalized spacial score (nSPS) is 9.31. The third-order valence-electron chi connectivity index (χ3n) is 1.43. The number of aromatic carboxylic acids is 1. The van der Waals surface area contributed by atoms with E-state index in [9.17, 15) is 9.18 Å². The lowest BCUT2D eigenvalue weighted by molar-refractivity contribution is 0.0691. The maximum absolute atomic E-state index is 13.1. The molecule has 0 heterocycles. The van der Waals surface area contributed by atoms with Crippen molar-refractivity contribution in [2.24, 2.45) is 0 Å². The van der Waals surface area contributed by atoms with E-state index in [1.165, 1.54) is 12.1 Å². The highest BCUT2D eigenvalue weighted by molar-refractivity contribution is 9.10. The summed E-state index contributed by atoms with van der Waals surface area (Å²) in [6.07, 6.45) is 0. The minimum absolute atomic E-state index is 0.0314. The highest BCUT2D eigenvalue weighted by Gasteiger charge is 2.17. The van der Waals surface area contributed by atoms with Crippen LogP contribution in [0.1, 0.15) is 15.9 Å². The minimum atomic E-state index is -1.45. The number of rotatable bonds is 1. The van der Waals surface area contributed by atoms with E-state index < -0.39 is 17.3 Å². The van der Waals surface area contributed by atoms with Crippen molar-refractivity contribution in [3.63, 3.8) is 0 Å². The highest BCUT2D eigenvalue weighted by atomic mass is 79.9. The molecule has 0 bridgehead atoms. The molecular weight excluding hydrogens is 241 g/mol. The summed E-state index contributed by atoms with van der Waals surface area (Å²) in [5.41, 5.74) is -0.787. The second kappa shape index (κ2) is 3.54. The third kappa shape index (κ3) is 1.68. The molecule has 0 saturated carbocycles. The molecule has 0 unspecified atom stereocenters. The van der Waals surface area contributed by atoms with Crippen LogP contribution in [0.3, 0.4) is 0 Å². The molecule has 0 aliphatic carbocycles. The van der Waals surface area contributed by atoms with Gasteiger partial charge in [-0.3, -0.25) is 0 Å². The maximum Gasteiger partial charge on any atom is 0.340 e. The summed E-state index contributed by atoms with van der Waals surface area (Å²) in [6.45, 7) is 0. The molecule has 0 saturated heterocycles. The Morgan fingerprint density at radius 1 is 1.62 bits per heavy atom. The third-order valence-corrected chi connectivity index (χ3v) is 2.04. The number of hydrogen-bond donors (Lipinski definition) is 1. The Bertz CT molecular complexity index is 411. The predicted octanol–water partition coefficient (Wildman–Crippen LogP) is 2.16. The molecule has 0 amide bonds. The van der Waals surface area contributed by atoms with Gasteiger partial charge in [-0.2, -0.15) is 5.26 Å². The van der Waals surface area contributed by atoms with E-state index in [1.54, 1.807) is 6.07 Å². The van der Waals surface area contributed by atoms with Crippen LogP contribution in [-0.2, 0) is 0 Å². The first-order chi connectivity index (χ1) is 6.07. The molecule has 1 aromatic rings. The molecule has 0 spiro atoms. The fourth-order valence-corrected chi connectivity index (χ4v) is 1.18. The second-order valence-corrected chi connectivity index (χ2v) is 3.06. The molecule has 5 heteroatoms. The van der Waals surface area contributed by atoms with Gasteiger partial charge in [-0.05, 0) is 28.1 Å². The Kier molecular flexibility index (Phi) is 2.63. The van der Waals surface area contributed by atoms with Crippen LogP contribution in [0, 0.1) is 17.1 Å². The number of halogens is 2. The molecule has 13 heavy (non-hydrogen) atoms. The van der Waals surface area contributed by atoms with Crippen molar-refractivity contribution in [1.29, 1.82) is 5.26 Å². The summed E-state index contributed by atoms with van der Waals surface area (Å²) in [4.78, 5) is 10.5. The van der Waals surface area contributed by atoms with E-state index in [0.717, 1.165) is 0 Å². The molecule has 0 radical (unpaired) electrons. The van der Waals surface area contributed by atoms with Crippen molar-refractivity contribution < 1.29 is 14.3 Å². The Labute approximate surface area is 81.5 Å². The topological polar surface area (TPSA) is 61.1 Å². The van der Waals surface area contributed by atoms with E-state index in [2.05, 4.69) is 15.9 Å². The molecule has 3 nitrogen and oxygen atoms in total. The van der Waals surface area contributed by atoms with Gasteiger partial charge in [-0.1, -0.05) is 0 Å². The summed E-state index contributed by atoms with van der Waals surface area (Å²) in [5.74, 6) is -2.37. The summed E-state index contributed by atoms with van der Waals surface area (Å²) in [6, 6.07) is 4.14. The molecule has 0 aliphatic rings. The van der Waals surface area contributed by atoms with E-state index in [-0.39, 0.29) is 10.0 Å². The van der Waals surface area contributed by atoms with Gasteiger partial charge in [0.2, 0.25) is 0 Å². The van der Waals surface area contributed by atoms with Crippen molar-refractivity contribution in [2.75, 3.05) is 0 Å². The number of nitrogens with zero attached hydrogens (tertiary/aromatic N) is 1. The molecule has 0 atom stereocenters. The molecule has 1 rings (SSSR count). The number of benzene rings is 1. The second-order valence-electron chi connectivity index (χ2n) is 2.20. The van der Waals surface area contributed by atoms with Gasteiger partial charge in [0.05, 0.1) is 10.0 Å². The van der Waals surface area contributed by atoms with Crippen LogP contribution >= 0.6 is 15.9 Å². The molecule has 1 aromatic carbocycles. The lowest BCUT2D eigenvalue weighted by Crippen LogP contribution is -2.04. The molecular formula is C8H3BrFNO2. The van der Waals surface area contributed by atoms with Crippen LogP contribution in [0.15, 0.2) is 16.6 Å². The molecule has 0 fully saturated rings. The van der Waals surface area contributed by atoms with E-state index in [4.69, 9.17) is 10.4 Å². The number of hydrogen-bond acceptors (Lipinski definition) is 2. The lowest BCUT2D eigenvalue weighted by atomic mass is 10.1. The first-order valence-electron chi connectivity index (χ1n) is 3.19. The fourth-order valence-electron chi connectivity index (χ4n) is 0.853. The monoisotopic (exact) mass is 243 g/mol. The summed E-state index contributed by atoms with van der Waals surface area (Å²) in [7, 11) is 0. The van der Waals surface area contributed by atoms with Crippen LogP contribution in [0.4, 0.5) is 4.39 Å². The molecule has 0 aromatic heterocycles. The van der Waals surface area contributed by atoms with Crippen molar-refractivity contribution in [1.82, 2.24) is 0 Å². The Hall–Kier alpha value is -1.41. The minimum Gasteiger partial charge on any atom is -0.478 e. The van der Waals surface area contributed by atoms with Crippen LogP contribution in [-0.4, -0.2) is 11.1 Å². The van der Waals surface area contributed by atoms with Gasteiger partial charge < -0.3 is 5.11 Å². The number of nitriles is 1. The zero-order valence-corrected chi connectivity index (χ0v) is 7.80. The zero-order valence-electron chi connectivity index (χ0n) is 6.21. The van der Waals surface area contributed by atoms with Crippen molar-refractivity contribution in [3.8, 4) is 6.07 Å². The average Bonchev–Trinajstić information content (AvgIpc) is 2.08. The van der Waals surface area contributed by atoms with E-state index in [0.29, 0.717) is 0 Å². The molecule has 0 aliphatic heterocycles. The van der Waals surface area contributed by atoms with Crippen LogP contribution < -0.4 is 0 Å². The zero-order chi connectivity index (χ0) is 10.0. The lowest BCUT2D eigenvalue weighted by Gasteiger charge is -2.01. The predicted molar refractivity (Wildman–Crippen MR) is 45.8 cm³/mol.